The normalized spacial score (nSPS) is 16.2. The molecule has 1 heterocycles. The summed E-state index contributed by atoms with van der Waals surface area (Å²) in [5.41, 5.74) is 4.20. The fourth-order valence-corrected chi connectivity index (χ4v) is 2.50. The van der Waals surface area contributed by atoms with Crippen molar-refractivity contribution >= 4 is 17.5 Å². The second-order valence-electron chi connectivity index (χ2n) is 5.52. The molecule has 0 fully saturated rings. The number of hydrogen-bond donors (Lipinski definition) is 0. The van der Waals surface area contributed by atoms with Gasteiger partial charge in [-0.15, -0.1) is 0 Å². The minimum Gasteiger partial charge on any atom is -0.252 e. The van der Waals surface area contributed by atoms with Gasteiger partial charge in [0.05, 0.1) is 11.4 Å². The number of nitrogens with zero attached hydrogens (tertiary/aromatic N) is 1. The zero-order chi connectivity index (χ0) is 14.2. The number of para-hydroxylation sites is 1. The third kappa shape index (κ3) is 2.18. The molecule has 0 bridgehead atoms. The van der Waals surface area contributed by atoms with Crippen LogP contribution in [0.4, 0.5) is 10.1 Å². The maximum absolute atomic E-state index is 12.9. The van der Waals surface area contributed by atoms with Gasteiger partial charge in [0.2, 0.25) is 0 Å². The first-order valence-electron chi connectivity index (χ1n) is 6.70. The van der Waals surface area contributed by atoms with Crippen molar-refractivity contribution < 1.29 is 4.39 Å². The van der Waals surface area contributed by atoms with Crippen molar-refractivity contribution in [2.24, 2.45) is 4.99 Å². The SMILES string of the molecule is CC1(C)C(C=Cc2ccc(F)cc2)=Nc2ccccc21. The molecule has 2 aromatic carbocycles. The molecule has 1 nitrogen and oxygen atoms in total. The van der Waals surface area contributed by atoms with Crippen LogP contribution in [0.1, 0.15) is 25.0 Å². The highest BCUT2D eigenvalue weighted by atomic mass is 19.1. The van der Waals surface area contributed by atoms with Gasteiger partial charge in [0, 0.05) is 5.41 Å². The van der Waals surface area contributed by atoms with Gasteiger partial charge in [-0.05, 0) is 35.4 Å². The Bertz CT molecular complexity index is 694. The van der Waals surface area contributed by atoms with E-state index in [9.17, 15) is 4.39 Å². The Hall–Kier alpha value is -2.22. The van der Waals surface area contributed by atoms with Crippen LogP contribution in [0.2, 0.25) is 0 Å². The Kier molecular flexibility index (Phi) is 3.01. The van der Waals surface area contributed by atoms with Crippen molar-refractivity contribution in [3.8, 4) is 0 Å². The van der Waals surface area contributed by atoms with Crippen molar-refractivity contribution in [2.75, 3.05) is 0 Å². The van der Waals surface area contributed by atoms with Crippen LogP contribution >= 0.6 is 0 Å². The number of halogens is 1. The van der Waals surface area contributed by atoms with Crippen LogP contribution in [0.5, 0.6) is 0 Å². The Morgan fingerprint density at radius 2 is 1.65 bits per heavy atom. The first kappa shape index (κ1) is 12.8. The van der Waals surface area contributed by atoms with Crippen LogP contribution in [0.15, 0.2) is 59.6 Å². The third-order valence-corrected chi connectivity index (χ3v) is 3.76. The zero-order valence-electron chi connectivity index (χ0n) is 11.6. The van der Waals surface area contributed by atoms with Gasteiger partial charge in [-0.1, -0.05) is 50.3 Å². The van der Waals surface area contributed by atoms with E-state index in [0.717, 1.165) is 17.0 Å². The maximum atomic E-state index is 12.9. The predicted octanol–water partition coefficient (Wildman–Crippen LogP) is 4.90. The van der Waals surface area contributed by atoms with Crippen molar-refractivity contribution in [1.82, 2.24) is 0 Å². The van der Waals surface area contributed by atoms with Gasteiger partial charge >= 0.3 is 0 Å². The number of rotatable bonds is 2. The van der Waals surface area contributed by atoms with Gasteiger partial charge in [0.1, 0.15) is 5.82 Å². The maximum Gasteiger partial charge on any atom is 0.123 e. The Balaban J connectivity index is 1.91. The van der Waals surface area contributed by atoms with Crippen LogP contribution in [-0.2, 0) is 5.41 Å². The van der Waals surface area contributed by atoms with Crippen molar-refractivity contribution in [3.05, 3.63) is 71.6 Å². The molecular formula is C18H16FN. The van der Waals surface area contributed by atoms with E-state index < -0.39 is 0 Å². The van der Waals surface area contributed by atoms with Crippen LogP contribution in [-0.4, -0.2) is 5.71 Å². The number of aliphatic imine (C=N–C) groups is 1. The molecule has 0 saturated carbocycles. The summed E-state index contributed by atoms with van der Waals surface area (Å²) in [5, 5.41) is 0. The zero-order valence-corrected chi connectivity index (χ0v) is 11.6. The smallest absolute Gasteiger partial charge is 0.123 e. The molecule has 0 spiro atoms. The second-order valence-corrected chi connectivity index (χ2v) is 5.52. The highest BCUT2D eigenvalue weighted by Crippen LogP contribution is 2.40. The van der Waals surface area contributed by atoms with Gasteiger partial charge in [-0.3, -0.25) is 4.99 Å². The highest BCUT2D eigenvalue weighted by molar-refractivity contribution is 6.10. The van der Waals surface area contributed by atoms with Gasteiger partial charge < -0.3 is 0 Å². The molecule has 2 heteroatoms. The average molecular weight is 265 g/mol. The summed E-state index contributed by atoms with van der Waals surface area (Å²) in [7, 11) is 0. The van der Waals surface area contributed by atoms with Crippen LogP contribution in [0.3, 0.4) is 0 Å². The van der Waals surface area contributed by atoms with Crippen molar-refractivity contribution in [2.45, 2.75) is 19.3 Å². The first-order valence-corrected chi connectivity index (χ1v) is 6.70. The molecule has 0 N–H and O–H groups in total. The Labute approximate surface area is 118 Å². The van der Waals surface area contributed by atoms with E-state index in [1.165, 1.54) is 17.7 Å². The number of fused-ring (bicyclic) bond motifs is 1. The van der Waals surface area contributed by atoms with Crippen LogP contribution in [0, 0.1) is 5.82 Å². The molecule has 3 rings (SSSR count). The van der Waals surface area contributed by atoms with Crippen molar-refractivity contribution in [1.29, 1.82) is 0 Å². The molecular weight excluding hydrogens is 249 g/mol. The summed E-state index contributed by atoms with van der Waals surface area (Å²) in [6.07, 6.45) is 4.00. The summed E-state index contributed by atoms with van der Waals surface area (Å²) in [5.74, 6) is -0.215. The van der Waals surface area contributed by atoms with Gasteiger partial charge in [-0.25, -0.2) is 4.39 Å². The predicted molar refractivity (Wildman–Crippen MR) is 82.0 cm³/mol. The van der Waals surface area contributed by atoms with Gasteiger partial charge in [-0.2, -0.15) is 0 Å². The molecule has 0 aromatic heterocycles. The fraction of sp³-hybridized carbons (Fsp3) is 0.167. The summed E-state index contributed by atoms with van der Waals surface area (Å²) in [6, 6.07) is 14.7. The lowest BCUT2D eigenvalue weighted by atomic mass is 9.81. The molecule has 0 aliphatic carbocycles. The lowest BCUT2D eigenvalue weighted by Crippen LogP contribution is -2.23. The Morgan fingerprint density at radius 3 is 2.35 bits per heavy atom. The molecule has 0 unspecified atom stereocenters. The summed E-state index contributed by atoms with van der Waals surface area (Å²) < 4.78 is 12.9. The number of hydrogen-bond acceptors (Lipinski definition) is 1. The Morgan fingerprint density at radius 1 is 0.950 bits per heavy atom. The minimum atomic E-state index is -0.215. The number of benzene rings is 2. The quantitative estimate of drug-likeness (QED) is 0.732. The monoisotopic (exact) mass is 265 g/mol. The van der Waals surface area contributed by atoms with E-state index in [-0.39, 0.29) is 11.2 Å². The molecule has 1 aliphatic heterocycles. The van der Waals surface area contributed by atoms with Gasteiger partial charge in [0.15, 0.2) is 0 Å². The molecule has 2 aromatic rings. The standard InChI is InChI=1S/C18H16FN/c1-18(2)15-5-3-4-6-16(15)20-17(18)12-9-13-7-10-14(19)11-8-13/h3-12H,1-2H3. The van der Waals surface area contributed by atoms with E-state index in [4.69, 9.17) is 4.99 Å². The highest BCUT2D eigenvalue weighted by Gasteiger charge is 2.32. The largest absolute Gasteiger partial charge is 0.252 e. The molecule has 1 aliphatic rings. The van der Waals surface area contributed by atoms with Crippen LogP contribution < -0.4 is 0 Å². The summed E-state index contributed by atoms with van der Waals surface area (Å²) in [4.78, 5) is 4.69. The fourth-order valence-electron chi connectivity index (χ4n) is 2.50. The molecule has 0 atom stereocenters. The van der Waals surface area contributed by atoms with Crippen molar-refractivity contribution in [3.63, 3.8) is 0 Å². The average Bonchev–Trinajstić information content (AvgIpc) is 2.70. The molecule has 0 saturated heterocycles. The lowest BCUT2D eigenvalue weighted by Gasteiger charge is -2.20. The lowest BCUT2D eigenvalue weighted by molar-refractivity contribution is 0.628. The topological polar surface area (TPSA) is 12.4 Å². The molecule has 0 radical (unpaired) electrons. The molecule has 0 amide bonds. The van der Waals surface area contributed by atoms with E-state index in [2.05, 4.69) is 19.9 Å². The summed E-state index contributed by atoms with van der Waals surface area (Å²) in [6.45, 7) is 4.35. The summed E-state index contributed by atoms with van der Waals surface area (Å²) >= 11 is 0. The van der Waals surface area contributed by atoms with E-state index in [1.807, 2.05) is 30.4 Å². The minimum absolute atomic E-state index is 0.0902. The molecule has 100 valence electrons. The number of allylic oxidation sites excluding steroid dienone is 1. The molecule has 20 heavy (non-hydrogen) atoms. The van der Waals surface area contributed by atoms with E-state index in [1.54, 1.807) is 12.1 Å². The van der Waals surface area contributed by atoms with E-state index in [0.29, 0.717) is 0 Å². The van der Waals surface area contributed by atoms with E-state index >= 15 is 0 Å². The van der Waals surface area contributed by atoms with Gasteiger partial charge in [0.25, 0.3) is 0 Å². The third-order valence-electron chi connectivity index (χ3n) is 3.76. The van der Waals surface area contributed by atoms with Crippen LogP contribution in [0.25, 0.3) is 6.08 Å². The first-order chi connectivity index (χ1) is 9.57. The second kappa shape index (κ2) is 4.71.